The van der Waals surface area contributed by atoms with E-state index in [9.17, 15) is 9.18 Å². The first-order chi connectivity index (χ1) is 10.7. The van der Waals surface area contributed by atoms with E-state index >= 15 is 0 Å². The number of thioether (sulfide) groups is 1. The second kappa shape index (κ2) is 7.07. The fourth-order valence-corrected chi connectivity index (χ4v) is 3.55. The highest BCUT2D eigenvalue weighted by molar-refractivity contribution is 7.99. The van der Waals surface area contributed by atoms with Crippen LogP contribution in [-0.2, 0) is 6.54 Å². The van der Waals surface area contributed by atoms with E-state index in [-0.39, 0.29) is 11.6 Å². The summed E-state index contributed by atoms with van der Waals surface area (Å²) < 4.78 is 13.2. The van der Waals surface area contributed by atoms with Crippen LogP contribution in [0.5, 0.6) is 0 Å². The van der Waals surface area contributed by atoms with Crippen molar-refractivity contribution in [2.24, 2.45) is 0 Å². The Morgan fingerprint density at radius 1 is 1.05 bits per heavy atom. The molecule has 0 atom stereocenters. The lowest BCUT2D eigenvalue weighted by atomic mass is 10.0. The van der Waals surface area contributed by atoms with E-state index in [0.29, 0.717) is 11.1 Å². The van der Waals surface area contributed by atoms with Gasteiger partial charge in [0.2, 0.25) is 0 Å². The molecule has 0 aliphatic carbocycles. The minimum absolute atomic E-state index is 0.138. The van der Waals surface area contributed by atoms with Crippen LogP contribution in [0.25, 0.3) is 0 Å². The van der Waals surface area contributed by atoms with Gasteiger partial charge in [0.1, 0.15) is 5.82 Å². The number of halogens is 1. The lowest BCUT2D eigenvalue weighted by molar-refractivity contribution is 0.103. The normalized spacial score (nSPS) is 15.7. The first-order valence-electron chi connectivity index (χ1n) is 7.42. The maximum Gasteiger partial charge on any atom is 0.193 e. The summed E-state index contributed by atoms with van der Waals surface area (Å²) in [6, 6.07) is 13.5. The molecule has 2 aromatic carbocycles. The fraction of sp³-hybridized carbons (Fsp3) is 0.278. The van der Waals surface area contributed by atoms with E-state index in [4.69, 9.17) is 0 Å². The van der Waals surface area contributed by atoms with E-state index in [1.54, 1.807) is 12.1 Å². The molecule has 1 aliphatic heterocycles. The summed E-state index contributed by atoms with van der Waals surface area (Å²) in [6.07, 6.45) is 0. The molecule has 0 amide bonds. The number of nitrogens with zero attached hydrogens (tertiary/aromatic N) is 1. The van der Waals surface area contributed by atoms with Gasteiger partial charge in [0, 0.05) is 42.3 Å². The van der Waals surface area contributed by atoms with Gasteiger partial charge in [0.05, 0.1) is 0 Å². The molecule has 1 saturated heterocycles. The Bertz CT molecular complexity index is 650. The average Bonchev–Trinajstić information content (AvgIpc) is 2.56. The van der Waals surface area contributed by atoms with Crippen LogP contribution < -0.4 is 0 Å². The quantitative estimate of drug-likeness (QED) is 0.804. The lowest BCUT2D eigenvalue weighted by Gasteiger charge is -2.26. The number of rotatable bonds is 4. The number of carbonyl (C=O) groups is 1. The van der Waals surface area contributed by atoms with Gasteiger partial charge in [-0.25, -0.2) is 4.39 Å². The Hall–Kier alpha value is -1.65. The molecule has 0 N–H and O–H groups in total. The highest BCUT2D eigenvalue weighted by atomic mass is 32.2. The smallest absolute Gasteiger partial charge is 0.193 e. The molecule has 0 spiro atoms. The Balaban J connectivity index is 1.69. The van der Waals surface area contributed by atoms with Crippen molar-refractivity contribution in [3.8, 4) is 0 Å². The van der Waals surface area contributed by atoms with E-state index in [1.807, 2.05) is 36.0 Å². The standard InChI is InChI=1S/C18H18FNOS/c19-17-3-1-2-16(12-17)18(21)15-6-4-14(5-7-15)13-20-8-10-22-11-9-20/h1-7,12H,8-11,13H2. The molecule has 22 heavy (non-hydrogen) atoms. The molecule has 1 heterocycles. The molecular weight excluding hydrogens is 297 g/mol. The second-order valence-electron chi connectivity index (χ2n) is 5.42. The third-order valence-corrected chi connectivity index (χ3v) is 4.76. The number of hydrogen-bond donors (Lipinski definition) is 0. The van der Waals surface area contributed by atoms with Gasteiger partial charge < -0.3 is 0 Å². The minimum atomic E-state index is -0.384. The topological polar surface area (TPSA) is 20.3 Å². The fourth-order valence-electron chi connectivity index (χ4n) is 2.58. The Labute approximate surface area is 134 Å². The zero-order chi connectivity index (χ0) is 15.4. The number of ketones is 1. The number of hydrogen-bond acceptors (Lipinski definition) is 3. The molecule has 2 aromatic rings. The van der Waals surface area contributed by atoms with Crippen LogP contribution >= 0.6 is 11.8 Å². The first-order valence-corrected chi connectivity index (χ1v) is 8.57. The van der Waals surface area contributed by atoms with Gasteiger partial charge in [0.15, 0.2) is 5.78 Å². The molecule has 114 valence electrons. The zero-order valence-electron chi connectivity index (χ0n) is 12.3. The van der Waals surface area contributed by atoms with Gasteiger partial charge in [-0.05, 0) is 17.7 Å². The van der Waals surface area contributed by atoms with Crippen LogP contribution in [0.15, 0.2) is 48.5 Å². The van der Waals surface area contributed by atoms with Crippen molar-refractivity contribution in [1.82, 2.24) is 4.90 Å². The van der Waals surface area contributed by atoms with Crippen molar-refractivity contribution in [2.45, 2.75) is 6.54 Å². The summed E-state index contributed by atoms with van der Waals surface area (Å²) in [7, 11) is 0. The van der Waals surface area contributed by atoms with Crippen LogP contribution in [0, 0.1) is 5.82 Å². The van der Waals surface area contributed by atoms with Gasteiger partial charge in [-0.1, -0.05) is 36.4 Å². The molecule has 0 aromatic heterocycles. The summed E-state index contributed by atoms with van der Waals surface area (Å²) in [5.41, 5.74) is 2.20. The molecule has 0 bridgehead atoms. The van der Waals surface area contributed by atoms with Crippen molar-refractivity contribution in [1.29, 1.82) is 0 Å². The van der Waals surface area contributed by atoms with E-state index in [2.05, 4.69) is 4.90 Å². The number of carbonyl (C=O) groups excluding carboxylic acids is 1. The minimum Gasteiger partial charge on any atom is -0.297 e. The Morgan fingerprint density at radius 3 is 2.45 bits per heavy atom. The van der Waals surface area contributed by atoms with Gasteiger partial charge in [0.25, 0.3) is 0 Å². The van der Waals surface area contributed by atoms with Gasteiger partial charge in [-0.2, -0.15) is 11.8 Å². The molecule has 3 rings (SSSR count). The molecule has 0 unspecified atom stereocenters. The maximum absolute atomic E-state index is 13.2. The largest absolute Gasteiger partial charge is 0.297 e. The summed E-state index contributed by atoms with van der Waals surface area (Å²) in [6.45, 7) is 3.16. The molecular formula is C18H18FNOS. The van der Waals surface area contributed by atoms with Gasteiger partial charge >= 0.3 is 0 Å². The summed E-state index contributed by atoms with van der Waals surface area (Å²) in [5.74, 6) is 1.86. The summed E-state index contributed by atoms with van der Waals surface area (Å²) in [4.78, 5) is 14.8. The van der Waals surface area contributed by atoms with Crippen molar-refractivity contribution >= 4 is 17.5 Å². The van der Waals surface area contributed by atoms with Crippen molar-refractivity contribution in [3.63, 3.8) is 0 Å². The van der Waals surface area contributed by atoms with Crippen LogP contribution in [0.4, 0.5) is 4.39 Å². The molecule has 2 nitrogen and oxygen atoms in total. The van der Waals surface area contributed by atoms with E-state index in [1.165, 1.54) is 29.2 Å². The highest BCUT2D eigenvalue weighted by Gasteiger charge is 2.12. The third-order valence-electron chi connectivity index (χ3n) is 3.81. The molecule has 1 aliphatic rings. The Morgan fingerprint density at radius 2 is 1.77 bits per heavy atom. The molecule has 0 saturated carbocycles. The summed E-state index contributed by atoms with van der Waals surface area (Å²) in [5, 5.41) is 0. The van der Waals surface area contributed by atoms with Gasteiger partial charge in [-0.15, -0.1) is 0 Å². The third kappa shape index (κ3) is 3.76. The second-order valence-corrected chi connectivity index (χ2v) is 6.65. The maximum atomic E-state index is 13.2. The van der Waals surface area contributed by atoms with Crippen molar-refractivity contribution in [3.05, 3.63) is 71.0 Å². The Kier molecular flexibility index (Phi) is 4.90. The van der Waals surface area contributed by atoms with Crippen LogP contribution in [0.1, 0.15) is 21.5 Å². The first kappa shape index (κ1) is 15.3. The highest BCUT2D eigenvalue weighted by Crippen LogP contribution is 2.15. The lowest BCUT2D eigenvalue weighted by Crippen LogP contribution is -2.31. The van der Waals surface area contributed by atoms with Crippen molar-refractivity contribution in [2.75, 3.05) is 24.6 Å². The molecule has 1 fully saturated rings. The van der Waals surface area contributed by atoms with Crippen LogP contribution in [-0.4, -0.2) is 35.3 Å². The van der Waals surface area contributed by atoms with Crippen LogP contribution in [0.3, 0.4) is 0 Å². The van der Waals surface area contributed by atoms with Crippen molar-refractivity contribution < 1.29 is 9.18 Å². The number of benzene rings is 2. The van der Waals surface area contributed by atoms with E-state index < -0.39 is 0 Å². The van der Waals surface area contributed by atoms with E-state index in [0.717, 1.165) is 19.6 Å². The average molecular weight is 315 g/mol. The SMILES string of the molecule is O=C(c1ccc(CN2CCSCC2)cc1)c1cccc(F)c1. The zero-order valence-corrected chi connectivity index (χ0v) is 13.1. The molecule has 0 radical (unpaired) electrons. The van der Waals surface area contributed by atoms with Gasteiger partial charge in [-0.3, -0.25) is 9.69 Å². The predicted molar refractivity (Wildman–Crippen MR) is 88.9 cm³/mol. The monoisotopic (exact) mass is 315 g/mol. The van der Waals surface area contributed by atoms with Crippen LogP contribution in [0.2, 0.25) is 0 Å². The predicted octanol–water partition coefficient (Wildman–Crippen LogP) is 3.61. The summed E-state index contributed by atoms with van der Waals surface area (Å²) >= 11 is 2.00. The molecule has 4 heteroatoms.